The van der Waals surface area contributed by atoms with Crippen molar-refractivity contribution in [2.75, 3.05) is 14.1 Å². The number of fused-ring (bicyclic) bond motifs is 1. The van der Waals surface area contributed by atoms with Crippen LogP contribution < -0.4 is 0 Å². The molecule has 0 aliphatic carbocycles. The van der Waals surface area contributed by atoms with Gasteiger partial charge in [0.05, 0.1) is 0 Å². The third-order valence-electron chi connectivity index (χ3n) is 2.11. The molecule has 2 aromatic rings. The van der Waals surface area contributed by atoms with Crippen LogP contribution in [0.1, 0.15) is 10.4 Å². The van der Waals surface area contributed by atoms with Gasteiger partial charge in [-0.05, 0) is 29.0 Å². The molecule has 0 spiro atoms. The Morgan fingerprint density at radius 3 is 2.35 bits per heavy atom. The van der Waals surface area contributed by atoms with Gasteiger partial charge in [-0.1, -0.05) is 6.07 Å². The first-order valence-electron chi connectivity index (χ1n) is 4.37. The minimum absolute atomic E-state index is 0. The first-order chi connectivity index (χ1) is 6.68. The zero-order valence-corrected chi connectivity index (χ0v) is 12.6. The quantitative estimate of drug-likeness (QED) is 0.782. The van der Waals surface area contributed by atoms with Gasteiger partial charge in [0, 0.05) is 24.4 Å². The highest BCUT2D eigenvalue weighted by Crippen LogP contribution is 2.22. The summed E-state index contributed by atoms with van der Waals surface area (Å²) in [5, 5.41) is 3.24. The summed E-state index contributed by atoms with van der Waals surface area (Å²) in [5.41, 5.74) is 0.755. The normalized spacial score (nSPS) is 8.59. The summed E-state index contributed by atoms with van der Waals surface area (Å²) in [7, 11) is 3.53. The molecule has 0 aliphatic rings. The van der Waals surface area contributed by atoms with Crippen molar-refractivity contribution in [2.45, 2.75) is 0 Å². The molecule has 6 heteroatoms. The van der Waals surface area contributed by atoms with E-state index in [4.69, 9.17) is 0 Å². The van der Waals surface area contributed by atoms with Gasteiger partial charge in [-0.2, -0.15) is 0 Å². The van der Waals surface area contributed by atoms with Crippen LogP contribution in [-0.2, 0) is 0 Å². The number of amides is 1. The average Bonchev–Trinajstić information content (AvgIpc) is 2.62. The number of halogens is 3. The fraction of sp³-hybridized carbons (Fsp3) is 0.182. The van der Waals surface area contributed by atoms with Gasteiger partial charge in [0.2, 0.25) is 0 Å². The van der Waals surface area contributed by atoms with Crippen molar-refractivity contribution < 1.29 is 4.79 Å². The number of carbonyl (C=O) groups is 1. The molecular formula is C11H14Cl3NOS. The van der Waals surface area contributed by atoms with Gasteiger partial charge in [-0.3, -0.25) is 4.79 Å². The molecule has 1 heterocycles. The summed E-state index contributed by atoms with van der Waals surface area (Å²) >= 11 is 1.66. The molecule has 0 N–H and O–H groups in total. The zero-order chi connectivity index (χ0) is 10.1. The van der Waals surface area contributed by atoms with E-state index in [2.05, 4.69) is 6.07 Å². The molecule has 2 nitrogen and oxygen atoms in total. The SMILES string of the molecule is CN(C)C(=O)c1ccc2ccsc2c1.Cl.Cl.Cl. The highest BCUT2D eigenvalue weighted by molar-refractivity contribution is 7.17. The molecule has 1 aromatic heterocycles. The molecule has 0 fully saturated rings. The highest BCUT2D eigenvalue weighted by atomic mass is 35.5. The Labute approximate surface area is 123 Å². The molecule has 0 bridgehead atoms. The van der Waals surface area contributed by atoms with Gasteiger partial charge in [-0.15, -0.1) is 48.6 Å². The number of carbonyl (C=O) groups excluding carboxylic acids is 1. The van der Waals surface area contributed by atoms with Crippen molar-refractivity contribution in [2.24, 2.45) is 0 Å². The van der Waals surface area contributed by atoms with Crippen molar-refractivity contribution in [3.8, 4) is 0 Å². The van der Waals surface area contributed by atoms with Crippen LogP contribution in [0.25, 0.3) is 10.1 Å². The number of hydrogen-bond acceptors (Lipinski definition) is 2. The summed E-state index contributed by atoms with van der Waals surface area (Å²) in [6.45, 7) is 0. The summed E-state index contributed by atoms with van der Waals surface area (Å²) < 4.78 is 1.16. The molecule has 0 unspecified atom stereocenters. The lowest BCUT2D eigenvalue weighted by Gasteiger charge is -2.09. The predicted octanol–water partition coefficient (Wildman–Crippen LogP) is 3.87. The first-order valence-corrected chi connectivity index (χ1v) is 5.25. The zero-order valence-electron chi connectivity index (χ0n) is 9.38. The van der Waals surface area contributed by atoms with E-state index in [1.165, 1.54) is 5.39 Å². The van der Waals surface area contributed by atoms with Crippen molar-refractivity contribution in [1.82, 2.24) is 4.90 Å². The Bertz CT molecular complexity index is 484. The molecule has 1 amide bonds. The van der Waals surface area contributed by atoms with E-state index in [-0.39, 0.29) is 43.1 Å². The molecule has 0 aliphatic heterocycles. The molecule has 0 radical (unpaired) electrons. The Morgan fingerprint density at radius 1 is 1.12 bits per heavy atom. The van der Waals surface area contributed by atoms with Crippen LogP contribution in [-0.4, -0.2) is 24.9 Å². The topological polar surface area (TPSA) is 20.3 Å². The number of thiophene rings is 1. The lowest BCUT2D eigenvalue weighted by molar-refractivity contribution is 0.0828. The standard InChI is InChI=1S/C11H11NOS.3ClH/c1-12(2)11(13)9-4-3-8-5-6-14-10(8)7-9;;;/h3-7H,1-2H3;3*1H. The second kappa shape index (κ2) is 7.77. The van der Waals surface area contributed by atoms with Crippen LogP contribution >= 0.6 is 48.6 Å². The van der Waals surface area contributed by atoms with Crippen molar-refractivity contribution in [3.63, 3.8) is 0 Å². The molecule has 0 atom stereocenters. The summed E-state index contributed by atoms with van der Waals surface area (Å²) in [5.74, 6) is 0.0558. The number of benzene rings is 1. The third-order valence-corrected chi connectivity index (χ3v) is 2.99. The largest absolute Gasteiger partial charge is 0.345 e. The molecule has 17 heavy (non-hydrogen) atoms. The summed E-state index contributed by atoms with van der Waals surface area (Å²) in [6, 6.07) is 7.87. The van der Waals surface area contributed by atoms with E-state index in [0.717, 1.165) is 10.3 Å². The average molecular weight is 315 g/mol. The van der Waals surface area contributed by atoms with E-state index in [9.17, 15) is 4.79 Å². The molecule has 1 aromatic carbocycles. The van der Waals surface area contributed by atoms with E-state index in [1.807, 2.05) is 23.6 Å². The fourth-order valence-corrected chi connectivity index (χ4v) is 2.17. The van der Waals surface area contributed by atoms with Crippen LogP contribution in [0.3, 0.4) is 0 Å². The van der Waals surface area contributed by atoms with E-state index >= 15 is 0 Å². The monoisotopic (exact) mass is 313 g/mol. The van der Waals surface area contributed by atoms with Gasteiger partial charge >= 0.3 is 0 Å². The summed E-state index contributed by atoms with van der Waals surface area (Å²) in [4.78, 5) is 13.2. The van der Waals surface area contributed by atoms with E-state index < -0.39 is 0 Å². The minimum atomic E-state index is 0. The number of nitrogens with zero attached hydrogens (tertiary/aromatic N) is 1. The van der Waals surface area contributed by atoms with Gasteiger partial charge < -0.3 is 4.90 Å². The maximum absolute atomic E-state index is 11.6. The molecule has 96 valence electrons. The van der Waals surface area contributed by atoms with Crippen LogP contribution in [0.2, 0.25) is 0 Å². The van der Waals surface area contributed by atoms with Crippen LogP contribution in [0.4, 0.5) is 0 Å². The molecular weight excluding hydrogens is 301 g/mol. The Balaban J connectivity index is 0. The fourth-order valence-electron chi connectivity index (χ4n) is 1.35. The highest BCUT2D eigenvalue weighted by Gasteiger charge is 2.08. The lowest BCUT2D eigenvalue weighted by Crippen LogP contribution is -2.21. The Hall–Kier alpha value is -0.480. The predicted molar refractivity (Wildman–Crippen MR) is 81.6 cm³/mol. The second-order valence-electron chi connectivity index (χ2n) is 3.37. The second-order valence-corrected chi connectivity index (χ2v) is 4.32. The van der Waals surface area contributed by atoms with Crippen molar-refractivity contribution >= 4 is 64.6 Å². The van der Waals surface area contributed by atoms with Crippen molar-refractivity contribution in [1.29, 1.82) is 0 Å². The Morgan fingerprint density at radius 2 is 1.76 bits per heavy atom. The lowest BCUT2D eigenvalue weighted by atomic mass is 10.1. The minimum Gasteiger partial charge on any atom is -0.345 e. The number of hydrogen-bond donors (Lipinski definition) is 0. The third kappa shape index (κ3) is 4.03. The van der Waals surface area contributed by atoms with Crippen LogP contribution in [0.5, 0.6) is 0 Å². The smallest absolute Gasteiger partial charge is 0.253 e. The van der Waals surface area contributed by atoms with Gasteiger partial charge in [0.1, 0.15) is 0 Å². The Kier molecular flexibility index (Phi) is 8.63. The van der Waals surface area contributed by atoms with Crippen LogP contribution in [0, 0.1) is 0 Å². The van der Waals surface area contributed by atoms with Crippen LogP contribution in [0.15, 0.2) is 29.6 Å². The first kappa shape index (κ1) is 18.9. The van der Waals surface area contributed by atoms with Crippen molar-refractivity contribution in [3.05, 3.63) is 35.2 Å². The maximum atomic E-state index is 11.6. The van der Waals surface area contributed by atoms with E-state index in [0.29, 0.717) is 0 Å². The van der Waals surface area contributed by atoms with Gasteiger partial charge in [0.15, 0.2) is 0 Å². The summed E-state index contributed by atoms with van der Waals surface area (Å²) in [6.07, 6.45) is 0. The number of rotatable bonds is 1. The maximum Gasteiger partial charge on any atom is 0.253 e. The van der Waals surface area contributed by atoms with Gasteiger partial charge in [-0.25, -0.2) is 0 Å². The van der Waals surface area contributed by atoms with E-state index in [1.54, 1.807) is 30.3 Å². The molecule has 0 saturated heterocycles. The van der Waals surface area contributed by atoms with Gasteiger partial charge in [0.25, 0.3) is 5.91 Å². The molecule has 0 saturated carbocycles. The molecule has 2 rings (SSSR count).